The van der Waals surface area contributed by atoms with Crippen molar-refractivity contribution in [1.29, 1.82) is 0 Å². The summed E-state index contributed by atoms with van der Waals surface area (Å²) in [6, 6.07) is 11.1. The first kappa shape index (κ1) is 22.4. The van der Waals surface area contributed by atoms with E-state index in [4.69, 9.17) is 0 Å². The highest BCUT2D eigenvalue weighted by Crippen LogP contribution is 2.42. The summed E-state index contributed by atoms with van der Waals surface area (Å²) in [4.78, 5) is 47.0. The van der Waals surface area contributed by atoms with E-state index in [-0.39, 0.29) is 37.1 Å². The van der Waals surface area contributed by atoms with Crippen molar-refractivity contribution < 1.29 is 14.4 Å². The van der Waals surface area contributed by atoms with Crippen molar-refractivity contribution in [2.45, 2.75) is 45.6 Å². The maximum absolute atomic E-state index is 13.8. The molecule has 0 saturated carbocycles. The number of benzene rings is 1. The van der Waals surface area contributed by atoms with Crippen molar-refractivity contribution in [3.05, 3.63) is 77.6 Å². The molecule has 0 N–H and O–H groups in total. The Kier molecular flexibility index (Phi) is 6.68. The van der Waals surface area contributed by atoms with Crippen molar-refractivity contribution in [2.24, 2.45) is 0 Å². The third kappa shape index (κ3) is 4.58. The lowest BCUT2D eigenvalue weighted by atomic mass is 9.74. The average Bonchev–Trinajstić information content (AvgIpc) is 2.97. The van der Waals surface area contributed by atoms with Gasteiger partial charge >= 0.3 is 0 Å². The Labute approximate surface area is 183 Å². The molecule has 3 amide bonds. The summed E-state index contributed by atoms with van der Waals surface area (Å²) in [7, 11) is 0. The number of imide groups is 1. The summed E-state index contributed by atoms with van der Waals surface area (Å²) >= 11 is 0. The van der Waals surface area contributed by atoms with Gasteiger partial charge in [0.15, 0.2) is 0 Å². The second-order valence-corrected chi connectivity index (χ2v) is 8.26. The number of hydrogen-bond acceptors (Lipinski definition) is 4. The Morgan fingerprint density at radius 3 is 2.48 bits per heavy atom. The van der Waals surface area contributed by atoms with Crippen molar-refractivity contribution in [2.75, 3.05) is 13.1 Å². The molecule has 1 unspecified atom stereocenters. The SMILES string of the molecule is C=C(C)CN(CC)C(=O)CC1(c2ccccc2C)CC(=O)N(Cc2ccncc2)C1=O. The van der Waals surface area contributed by atoms with Gasteiger partial charge in [0.25, 0.3) is 0 Å². The van der Waals surface area contributed by atoms with Crippen LogP contribution in [0.15, 0.2) is 60.9 Å². The van der Waals surface area contributed by atoms with Gasteiger partial charge in [-0.1, -0.05) is 36.4 Å². The average molecular weight is 420 g/mol. The number of likely N-dealkylation sites (tertiary alicyclic amines) is 1. The monoisotopic (exact) mass is 419 g/mol. The predicted octanol–water partition coefficient (Wildman–Crippen LogP) is 3.40. The zero-order valence-corrected chi connectivity index (χ0v) is 18.4. The summed E-state index contributed by atoms with van der Waals surface area (Å²) in [5.41, 5.74) is 2.12. The molecule has 0 spiro atoms. The minimum atomic E-state index is -1.20. The molecular weight excluding hydrogens is 390 g/mol. The van der Waals surface area contributed by atoms with Crippen molar-refractivity contribution in [3.63, 3.8) is 0 Å². The van der Waals surface area contributed by atoms with Gasteiger partial charge in [-0.2, -0.15) is 0 Å². The lowest BCUT2D eigenvalue weighted by Crippen LogP contribution is -2.44. The van der Waals surface area contributed by atoms with Crippen LogP contribution in [0.25, 0.3) is 0 Å². The van der Waals surface area contributed by atoms with Crippen LogP contribution in [0.5, 0.6) is 0 Å². The van der Waals surface area contributed by atoms with Crippen LogP contribution in [0.2, 0.25) is 0 Å². The molecule has 1 aromatic heterocycles. The molecule has 1 atom stereocenters. The molecule has 6 nitrogen and oxygen atoms in total. The van der Waals surface area contributed by atoms with Crippen molar-refractivity contribution in [1.82, 2.24) is 14.8 Å². The standard InChI is InChI=1S/C25H29N3O3/c1-5-27(16-18(2)3)22(29)14-25(21-9-7-6-8-19(21)4)15-23(30)28(24(25)31)17-20-10-12-26-13-11-20/h6-13H,2,5,14-17H2,1,3-4H3. The summed E-state index contributed by atoms with van der Waals surface area (Å²) in [6.45, 7) is 10.7. The maximum Gasteiger partial charge on any atom is 0.241 e. The van der Waals surface area contributed by atoms with E-state index in [2.05, 4.69) is 11.6 Å². The molecule has 1 aliphatic heterocycles. The number of nitrogens with zero attached hydrogens (tertiary/aromatic N) is 3. The number of rotatable bonds is 8. The molecule has 2 aromatic rings. The number of aromatic nitrogens is 1. The number of aryl methyl sites for hydroxylation is 1. The van der Waals surface area contributed by atoms with Gasteiger partial charge in [0.05, 0.1) is 12.0 Å². The summed E-state index contributed by atoms with van der Waals surface area (Å²) in [5.74, 6) is -0.732. The Morgan fingerprint density at radius 2 is 1.87 bits per heavy atom. The minimum absolute atomic E-state index is 0.0157. The smallest absolute Gasteiger partial charge is 0.241 e. The molecule has 2 heterocycles. The minimum Gasteiger partial charge on any atom is -0.339 e. The van der Waals surface area contributed by atoms with Gasteiger partial charge in [0.1, 0.15) is 0 Å². The van der Waals surface area contributed by atoms with Crippen LogP contribution >= 0.6 is 0 Å². The number of likely N-dealkylation sites (N-methyl/N-ethyl adjacent to an activating group) is 1. The fraction of sp³-hybridized carbons (Fsp3) is 0.360. The van der Waals surface area contributed by atoms with Gasteiger partial charge in [-0.05, 0) is 49.6 Å². The van der Waals surface area contributed by atoms with Crippen molar-refractivity contribution >= 4 is 17.7 Å². The van der Waals surface area contributed by atoms with E-state index in [1.807, 2.05) is 45.0 Å². The molecular formula is C25H29N3O3. The van der Waals surface area contributed by atoms with E-state index in [9.17, 15) is 14.4 Å². The van der Waals surface area contributed by atoms with Gasteiger partial charge in [0, 0.05) is 38.3 Å². The second kappa shape index (κ2) is 9.25. The van der Waals surface area contributed by atoms with Crippen LogP contribution in [0, 0.1) is 6.92 Å². The second-order valence-electron chi connectivity index (χ2n) is 8.26. The lowest BCUT2D eigenvalue weighted by Gasteiger charge is -2.31. The first-order valence-electron chi connectivity index (χ1n) is 10.5. The Bertz CT molecular complexity index is 1000. The quantitative estimate of drug-likeness (QED) is 0.486. The van der Waals surface area contributed by atoms with Gasteiger partial charge in [-0.15, -0.1) is 0 Å². The number of hydrogen-bond donors (Lipinski definition) is 0. The third-order valence-electron chi connectivity index (χ3n) is 5.81. The fourth-order valence-electron chi connectivity index (χ4n) is 4.26. The van der Waals surface area contributed by atoms with E-state index in [0.717, 1.165) is 22.3 Å². The van der Waals surface area contributed by atoms with Gasteiger partial charge in [-0.25, -0.2) is 0 Å². The number of carbonyl (C=O) groups excluding carboxylic acids is 3. The van der Waals surface area contributed by atoms with Crippen LogP contribution in [-0.2, 0) is 26.3 Å². The third-order valence-corrected chi connectivity index (χ3v) is 5.81. The highest BCUT2D eigenvalue weighted by molar-refractivity contribution is 6.10. The number of carbonyl (C=O) groups is 3. The lowest BCUT2D eigenvalue weighted by molar-refractivity contribution is -0.143. The molecule has 1 aromatic carbocycles. The first-order chi connectivity index (χ1) is 14.8. The van der Waals surface area contributed by atoms with E-state index in [1.54, 1.807) is 29.4 Å². The van der Waals surface area contributed by atoms with E-state index >= 15 is 0 Å². The van der Waals surface area contributed by atoms with Crippen LogP contribution in [0.4, 0.5) is 0 Å². The van der Waals surface area contributed by atoms with E-state index in [1.165, 1.54) is 4.90 Å². The van der Waals surface area contributed by atoms with Gasteiger partial charge < -0.3 is 4.90 Å². The molecule has 31 heavy (non-hydrogen) atoms. The normalized spacial score (nSPS) is 18.4. The topological polar surface area (TPSA) is 70.6 Å². The van der Waals surface area contributed by atoms with Crippen LogP contribution < -0.4 is 0 Å². The molecule has 0 bridgehead atoms. The van der Waals surface area contributed by atoms with Crippen LogP contribution in [-0.4, -0.2) is 45.6 Å². The maximum atomic E-state index is 13.8. The molecule has 162 valence electrons. The number of amides is 3. The van der Waals surface area contributed by atoms with Gasteiger partial charge in [-0.3, -0.25) is 24.3 Å². The molecule has 1 aliphatic rings. The molecule has 3 rings (SSSR count). The Morgan fingerprint density at radius 1 is 1.19 bits per heavy atom. The highest BCUT2D eigenvalue weighted by Gasteiger charge is 2.54. The largest absolute Gasteiger partial charge is 0.339 e. The predicted molar refractivity (Wildman–Crippen MR) is 119 cm³/mol. The van der Waals surface area contributed by atoms with Crippen LogP contribution in [0.1, 0.15) is 43.4 Å². The summed E-state index contributed by atoms with van der Waals surface area (Å²) in [6.07, 6.45) is 3.21. The fourth-order valence-corrected chi connectivity index (χ4v) is 4.26. The molecule has 1 fully saturated rings. The Hall–Kier alpha value is -3.28. The van der Waals surface area contributed by atoms with Gasteiger partial charge in [0.2, 0.25) is 17.7 Å². The molecule has 0 aliphatic carbocycles. The summed E-state index contributed by atoms with van der Waals surface area (Å²) < 4.78 is 0. The van der Waals surface area contributed by atoms with E-state index < -0.39 is 5.41 Å². The highest BCUT2D eigenvalue weighted by atomic mass is 16.2. The molecule has 6 heteroatoms. The van der Waals surface area contributed by atoms with Crippen molar-refractivity contribution in [3.8, 4) is 0 Å². The summed E-state index contributed by atoms with van der Waals surface area (Å²) in [5, 5.41) is 0. The Balaban J connectivity index is 2.00. The van der Waals surface area contributed by atoms with Crippen LogP contribution in [0.3, 0.4) is 0 Å². The first-order valence-corrected chi connectivity index (χ1v) is 10.5. The molecule has 0 radical (unpaired) electrons. The van der Waals surface area contributed by atoms with E-state index in [0.29, 0.717) is 13.1 Å². The number of pyridine rings is 1. The zero-order chi connectivity index (χ0) is 22.6. The zero-order valence-electron chi connectivity index (χ0n) is 18.4. The molecule has 1 saturated heterocycles.